The molecule has 1 amide bonds. The van der Waals surface area contributed by atoms with Gasteiger partial charge in [-0.25, -0.2) is 9.37 Å². The molecule has 0 saturated carbocycles. The van der Waals surface area contributed by atoms with Crippen LogP contribution in [0.15, 0.2) is 44.9 Å². The fraction of sp³-hybridized carbons (Fsp3) is 0.158. The number of nitrogens with zero attached hydrogens (tertiary/aromatic N) is 3. The molecule has 0 aliphatic heterocycles. The predicted octanol–water partition coefficient (Wildman–Crippen LogP) is 4.64. The van der Waals surface area contributed by atoms with Crippen molar-refractivity contribution in [2.45, 2.75) is 12.8 Å². The Labute approximate surface area is 173 Å². The van der Waals surface area contributed by atoms with E-state index in [-0.39, 0.29) is 18.1 Å². The number of aromatic nitrogens is 3. The first-order valence-electron chi connectivity index (χ1n) is 8.57. The summed E-state index contributed by atoms with van der Waals surface area (Å²) in [5.74, 6) is 0.389. The number of benzene rings is 1. The summed E-state index contributed by atoms with van der Waals surface area (Å²) >= 11 is 2.81. The van der Waals surface area contributed by atoms with Gasteiger partial charge in [0.15, 0.2) is 16.7 Å². The van der Waals surface area contributed by atoms with Crippen LogP contribution in [0, 0.1) is 5.82 Å². The van der Waals surface area contributed by atoms with E-state index >= 15 is 0 Å². The van der Waals surface area contributed by atoms with Gasteiger partial charge in [-0.2, -0.15) is 16.3 Å². The molecule has 0 aliphatic rings. The lowest BCUT2D eigenvalue weighted by Crippen LogP contribution is -2.12. The number of hydrogen-bond donors (Lipinski definition) is 1. The van der Waals surface area contributed by atoms with Gasteiger partial charge in [0.25, 0.3) is 0 Å². The highest BCUT2D eigenvalue weighted by Gasteiger charge is 2.13. The predicted molar refractivity (Wildman–Crippen MR) is 109 cm³/mol. The Hall–Kier alpha value is -3.11. The largest absolute Gasteiger partial charge is 0.494 e. The Morgan fingerprint density at radius 3 is 2.90 bits per heavy atom. The summed E-state index contributed by atoms with van der Waals surface area (Å²) in [6.07, 6.45) is 0.502. The smallest absolute Gasteiger partial charge is 0.227 e. The van der Waals surface area contributed by atoms with Crippen LogP contribution < -0.4 is 10.1 Å². The number of nitrogens with one attached hydrogen (secondary N) is 1. The summed E-state index contributed by atoms with van der Waals surface area (Å²) in [4.78, 5) is 20.8. The lowest BCUT2D eigenvalue weighted by atomic mass is 10.1. The summed E-state index contributed by atoms with van der Waals surface area (Å²) in [5, 5.41) is 12.7. The van der Waals surface area contributed by atoms with Crippen LogP contribution in [0.25, 0.3) is 22.6 Å². The molecule has 0 atom stereocenters. The molecule has 3 heterocycles. The van der Waals surface area contributed by atoms with Gasteiger partial charge in [-0.15, -0.1) is 11.3 Å². The summed E-state index contributed by atoms with van der Waals surface area (Å²) < 4.78 is 24.0. The minimum atomic E-state index is -0.468. The van der Waals surface area contributed by atoms with E-state index in [1.807, 2.05) is 16.8 Å². The van der Waals surface area contributed by atoms with Crippen LogP contribution in [0.4, 0.5) is 9.52 Å². The zero-order valence-corrected chi connectivity index (χ0v) is 16.8. The van der Waals surface area contributed by atoms with Gasteiger partial charge in [-0.1, -0.05) is 5.16 Å². The van der Waals surface area contributed by atoms with Crippen LogP contribution in [-0.2, 0) is 11.2 Å². The average Bonchev–Trinajstić information content (AvgIpc) is 3.47. The standard InChI is InChI=1S/C19H15FN4O3S2/c1-26-15-3-2-11(8-13(15)20)14-10-29-19(21-14)22-16(25)4-5-17-23-18(24-27-17)12-6-7-28-9-12/h2-3,6-10H,4-5H2,1H3,(H,21,22,25). The number of thiophene rings is 1. The lowest BCUT2D eigenvalue weighted by Gasteiger charge is -2.03. The first-order chi connectivity index (χ1) is 14.1. The summed E-state index contributed by atoms with van der Waals surface area (Å²) in [6.45, 7) is 0. The normalized spacial score (nSPS) is 10.8. The molecule has 0 fully saturated rings. The fourth-order valence-electron chi connectivity index (χ4n) is 2.56. The van der Waals surface area contributed by atoms with Crippen LogP contribution in [-0.4, -0.2) is 28.1 Å². The van der Waals surface area contributed by atoms with Crippen molar-refractivity contribution in [2.24, 2.45) is 0 Å². The molecule has 1 aromatic carbocycles. The zero-order valence-electron chi connectivity index (χ0n) is 15.2. The van der Waals surface area contributed by atoms with Crippen LogP contribution in [0.1, 0.15) is 12.3 Å². The van der Waals surface area contributed by atoms with Crippen LogP contribution in [0.5, 0.6) is 5.75 Å². The van der Waals surface area contributed by atoms with Gasteiger partial charge < -0.3 is 14.6 Å². The van der Waals surface area contributed by atoms with Gasteiger partial charge in [-0.3, -0.25) is 4.79 Å². The van der Waals surface area contributed by atoms with Crippen molar-refractivity contribution in [1.29, 1.82) is 0 Å². The molecule has 0 radical (unpaired) electrons. The number of carbonyl (C=O) groups excluding carboxylic acids is 1. The van der Waals surface area contributed by atoms with E-state index in [0.717, 1.165) is 5.56 Å². The zero-order chi connectivity index (χ0) is 20.2. The molecule has 0 unspecified atom stereocenters. The van der Waals surface area contributed by atoms with Gasteiger partial charge in [0, 0.05) is 34.7 Å². The van der Waals surface area contributed by atoms with E-state index in [0.29, 0.717) is 34.5 Å². The minimum absolute atomic E-state index is 0.167. The highest BCUT2D eigenvalue weighted by molar-refractivity contribution is 7.14. The third-order valence-electron chi connectivity index (χ3n) is 4.01. The highest BCUT2D eigenvalue weighted by Crippen LogP contribution is 2.28. The molecule has 0 saturated heterocycles. The second-order valence-electron chi connectivity index (χ2n) is 5.96. The molecule has 4 aromatic rings. The van der Waals surface area contributed by atoms with Crippen molar-refractivity contribution in [3.8, 4) is 28.4 Å². The number of rotatable bonds is 7. The van der Waals surface area contributed by atoms with Gasteiger partial charge >= 0.3 is 0 Å². The molecule has 7 nitrogen and oxygen atoms in total. The summed E-state index contributed by atoms with van der Waals surface area (Å²) in [5.41, 5.74) is 2.07. The maximum atomic E-state index is 13.9. The van der Waals surface area contributed by atoms with Crippen molar-refractivity contribution in [3.63, 3.8) is 0 Å². The van der Waals surface area contributed by atoms with Crippen molar-refractivity contribution in [1.82, 2.24) is 15.1 Å². The van der Waals surface area contributed by atoms with Gasteiger partial charge in [0.1, 0.15) is 0 Å². The number of carbonyl (C=O) groups is 1. The quantitative estimate of drug-likeness (QED) is 0.459. The van der Waals surface area contributed by atoms with Crippen LogP contribution in [0.2, 0.25) is 0 Å². The van der Waals surface area contributed by atoms with Crippen molar-refractivity contribution in [3.05, 3.63) is 52.1 Å². The molecule has 0 spiro atoms. The molecule has 10 heteroatoms. The minimum Gasteiger partial charge on any atom is -0.494 e. The maximum Gasteiger partial charge on any atom is 0.227 e. The molecule has 4 rings (SSSR count). The monoisotopic (exact) mass is 430 g/mol. The number of amides is 1. The number of anilines is 1. The van der Waals surface area contributed by atoms with E-state index in [1.165, 1.54) is 30.6 Å². The Morgan fingerprint density at radius 2 is 2.14 bits per heavy atom. The average molecular weight is 430 g/mol. The SMILES string of the molecule is COc1ccc(-c2csc(NC(=O)CCc3nc(-c4ccsc4)no3)n2)cc1F. The number of halogens is 1. The van der Waals surface area contributed by atoms with Crippen LogP contribution in [0.3, 0.4) is 0 Å². The molecule has 0 aliphatic carbocycles. The van der Waals surface area contributed by atoms with Crippen LogP contribution >= 0.6 is 22.7 Å². The van der Waals surface area contributed by atoms with Gasteiger partial charge in [0.05, 0.1) is 12.8 Å². The Kier molecular flexibility index (Phi) is 5.63. The number of methoxy groups -OCH3 is 1. The van der Waals surface area contributed by atoms with E-state index in [1.54, 1.807) is 22.8 Å². The van der Waals surface area contributed by atoms with E-state index in [4.69, 9.17) is 9.26 Å². The van der Waals surface area contributed by atoms with Gasteiger partial charge in [0.2, 0.25) is 17.6 Å². The van der Waals surface area contributed by atoms with Gasteiger partial charge in [-0.05, 0) is 29.6 Å². The molecule has 148 valence electrons. The molecular weight excluding hydrogens is 415 g/mol. The highest BCUT2D eigenvalue weighted by atomic mass is 32.1. The topological polar surface area (TPSA) is 90.1 Å². The third kappa shape index (κ3) is 4.49. The number of aryl methyl sites for hydroxylation is 1. The molecular formula is C19H15FN4O3S2. The van der Waals surface area contributed by atoms with Crippen molar-refractivity contribution < 1.29 is 18.4 Å². The number of thiazole rings is 1. The Balaban J connectivity index is 1.34. The first kappa shape index (κ1) is 19.2. The van der Waals surface area contributed by atoms with E-state index in [2.05, 4.69) is 20.4 Å². The van der Waals surface area contributed by atoms with E-state index in [9.17, 15) is 9.18 Å². The molecule has 29 heavy (non-hydrogen) atoms. The third-order valence-corrected chi connectivity index (χ3v) is 5.45. The van der Waals surface area contributed by atoms with Crippen molar-refractivity contribution >= 4 is 33.7 Å². The summed E-state index contributed by atoms with van der Waals surface area (Å²) in [6, 6.07) is 6.50. The second kappa shape index (κ2) is 8.50. The molecule has 3 aromatic heterocycles. The Bertz CT molecular complexity index is 1120. The number of ether oxygens (including phenoxy) is 1. The maximum absolute atomic E-state index is 13.9. The number of hydrogen-bond acceptors (Lipinski definition) is 8. The summed E-state index contributed by atoms with van der Waals surface area (Å²) in [7, 11) is 1.41. The fourth-order valence-corrected chi connectivity index (χ4v) is 3.93. The second-order valence-corrected chi connectivity index (χ2v) is 7.60. The van der Waals surface area contributed by atoms with Crippen molar-refractivity contribution in [2.75, 3.05) is 12.4 Å². The Morgan fingerprint density at radius 1 is 1.24 bits per heavy atom. The molecule has 1 N–H and O–H groups in total. The first-order valence-corrected chi connectivity index (χ1v) is 10.4. The molecule has 0 bridgehead atoms. The van der Waals surface area contributed by atoms with E-state index < -0.39 is 5.82 Å². The lowest BCUT2D eigenvalue weighted by molar-refractivity contribution is -0.116.